The number of likely N-dealkylation sites (tertiary alicyclic amines) is 1. The first-order valence-electron chi connectivity index (χ1n) is 9.69. The SMILES string of the molecule is COCCN(C(=O)c1cc(C)nc2c1c(C)nn2C)C1CCN(C(C)=O)CC1. The molecule has 1 aliphatic rings. The predicted molar refractivity (Wildman–Crippen MR) is 106 cm³/mol. The number of ether oxygens (including phenoxy) is 1. The summed E-state index contributed by atoms with van der Waals surface area (Å²) in [7, 11) is 3.48. The number of amides is 2. The third-order valence-electron chi connectivity index (χ3n) is 5.47. The highest BCUT2D eigenvalue weighted by Crippen LogP contribution is 2.25. The maximum atomic E-state index is 13.6. The fourth-order valence-electron chi connectivity index (χ4n) is 4.03. The Hall–Kier alpha value is -2.48. The molecular weight excluding hydrogens is 358 g/mol. The third kappa shape index (κ3) is 3.87. The summed E-state index contributed by atoms with van der Waals surface area (Å²) >= 11 is 0. The first-order valence-corrected chi connectivity index (χ1v) is 9.69. The summed E-state index contributed by atoms with van der Waals surface area (Å²) in [6.07, 6.45) is 1.54. The number of piperidine rings is 1. The lowest BCUT2D eigenvalue weighted by Gasteiger charge is -2.38. The number of rotatable bonds is 5. The molecule has 152 valence electrons. The molecule has 1 saturated heterocycles. The number of carbonyl (C=O) groups is 2. The van der Waals surface area contributed by atoms with Crippen molar-refractivity contribution in [2.24, 2.45) is 7.05 Å². The summed E-state index contributed by atoms with van der Waals surface area (Å²) in [4.78, 5) is 33.6. The van der Waals surface area contributed by atoms with Gasteiger partial charge in [-0.3, -0.25) is 14.3 Å². The number of aromatic nitrogens is 3. The van der Waals surface area contributed by atoms with Crippen molar-refractivity contribution in [1.82, 2.24) is 24.6 Å². The second-order valence-electron chi connectivity index (χ2n) is 7.45. The molecule has 0 radical (unpaired) electrons. The second kappa shape index (κ2) is 8.26. The van der Waals surface area contributed by atoms with Crippen LogP contribution in [0, 0.1) is 13.8 Å². The van der Waals surface area contributed by atoms with E-state index >= 15 is 0 Å². The molecule has 0 N–H and O–H groups in total. The van der Waals surface area contributed by atoms with Crippen LogP contribution in [0.4, 0.5) is 0 Å². The van der Waals surface area contributed by atoms with Crippen molar-refractivity contribution >= 4 is 22.8 Å². The Bertz CT molecular complexity index is 884. The van der Waals surface area contributed by atoms with Gasteiger partial charge in [0.05, 0.1) is 23.3 Å². The number of carbonyl (C=O) groups excluding carboxylic acids is 2. The molecule has 1 aliphatic heterocycles. The molecule has 0 bridgehead atoms. The van der Waals surface area contributed by atoms with E-state index in [0.29, 0.717) is 31.8 Å². The van der Waals surface area contributed by atoms with Crippen LogP contribution in [-0.4, -0.2) is 75.8 Å². The van der Waals surface area contributed by atoms with E-state index in [9.17, 15) is 9.59 Å². The third-order valence-corrected chi connectivity index (χ3v) is 5.47. The summed E-state index contributed by atoms with van der Waals surface area (Å²) in [5.74, 6) is 0.0654. The molecule has 0 saturated carbocycles. The van der Waals surface area contributed by atoms with E-state index in [2.05, 4.69) is 10.1 Å². The highest BCUT2D eigenvalue weighted by molar-refractivity contribution is 6.06. The van der Waals surface area contributed by atoms with Crippen LogP contribution >= 0.6 is 0 Å². The van der Waals surface area contributed by atoms with Gasteiger partial charge in [0.25, 0.3) is 5.91 Å². The molecule has 8 heteroatoms. The molecule has 2 amide bonds. The average Bonchev–Trinajstić information content (AvgIpc) is 2.95. The van der Waals surface area contributed by atoms with Crippen LogP contribution in [0.2, 0.25) is 0 Å². The maximum Gasteiger partial charge on any atom is 0.255 e. The minimum atomic E-state index is -0.0232. The number of hydrogen-bond donors (Lipinski definition) is 0. The Balaban J connectivity index is 1.94. The molecule has 0 spiro atoms. The van der Waals surface area contributed by atoms with Gasteiger partial charge in [-0.05, 0) is 32.8 Å². The highest BCUT2D eigenvalue weighted by Gasteiger charge is 2.31. The fourth-order valence-corrected chi connectivity index (χ4v) is 4.03. The van der Waals surface area contributed by atoms with Crippen molar-refractivity contribution in [1.29, 1.82) is 0 Å². The highest BCUT2D eigenvalue weighted by atomic mass is 16.5. The van der Waals surface area contributed by atoms with Gasteiger partial charge in [-0.15, -0.1) is 0 Å². The zero-order valence-electron chi connectivity index (χ0n) is 17.4. The van der Waals surface area contributed by atoms with Crippen LogP contribution in [0.1, 0.15) is 41.5 Å². The molecule has 3 rings (SSSR count). The Kier molecular flexibility index (Phi) is 5.98. The minimum absolute atomic E-state index is 0.0232. The van der Waals surface area contributed by atoms with Gasteiger partial charge >= 0.3 is 0 Å². The molecular formula is C20H29N5O3. The maximum absolute atomic E-state index is 13.6. The molecule has 8 nitrogen and oxygen atoms in total. The monoisotopic (exact) mass is 387 g/mol. The van der Waals surface area contributed by atoms with Gasteiger partial charge in [0.2, 0.25) is 5.91 Å². The van der Waals surface area contributed by atoms with Gasteiger partial charge in [0, 0.05) is 52.5 Å². The molecule has 2 aromatic heterocycles. The van der Waals surface area contributed by atoms with Crippen LogP contribution in [-0.2, 0) is 16.6 Å². The van der Waals surface area contributed by atoms with Crippen LogP contribution < -0.4 is 0 Å². The number of aryl methyl sites for hydroxylation is 3. The smallest absolute Gasteiger partial charge is 0.255 e. The van der Waals surface area contributed by atoms with Gasteiger partial charge in [0.15, 0.2) is 5.65 Å². The van der Waals surface area contributed by atoms with E-state index in [4.69, 9.17) is 4.74 Å². The quantitative estimate of drug-likeness (QED) is 0.780. The first kappa shape index (κ1) is 20.3. The van der Waals surface area contributed by atoms with Crippen molar-refractivity contribution < 1.29 is 14.3 Å². The standard InChI is InChI=1S/C20H29N5O3/c1-13-12-17(18-14(2)22-23(4)19(18)21-13)20(27)25(10-11-28-5)16-6-8-24(9-7-16)15(3)26/h12,16H,6-11H2,1-5H3. The molecule has 0 aromatic carbocycles. The summed E-state index contributed by atoms with van der Waals surface area (Å²) in [5, 5.41) is 5.26. The van der Waals surface area contributed by atoms with Crippen LogP contribution in [0.3, 0.4) is 0 Å². The van der Waals surface area contributed by atoms with Gasteiger partial charge in [-0.25, -0.2) is 4.98 Å². The van der Waals surface area contributed by atoms with E-state index in [1.165, 1.54) is 0 Å². The largest absolute Gasteiger partial charge is 0.383 e. The summed E-state index contributed by atoms with van der Waals surface area (Å²) in [5.41, 5.74) is 2.94. The lowest BCUT2D eigenvalue weighted by molar-refractivity contribution is -0.130. The average molecular weight is 387 g/mol. The molecule has 3 heterocycles. The summed E-state index contributed by atoms with van der Waals surface area (Å²) in [6.45, 7) is 7.72. The fraction of sp³-hybridized carbons (Fsp3) is 0.600. The van der Waals surface area contributed by atoms with Crippen LogP contribution in [0.25, 0.3) is 11.0 Å². The Morgan fingerprint density at radius 1 is 1.29 bits per heavy atom. The number of nitrogens with zero attached hydrogens (tertiary/aromatic N) is 5. The van der Waals surface area contributed by atoms with Crippen LogP contribution in [0.15, 0.2) is 6.07 Å². The lowest BCUT2D eigenvalue weighted by Crippen LogP contribution is -2.49. The zero-order valence-corrected chi connectivity index (χ0v) is 17.4. The lowest BCUT2D eigenvalue weighted by atomic mass is 10.0. The van der Waals surface area contributed by atoms with Gasteiger partial charge in [-0.2, -0.15) is 5.10 Å². The van der Waals surface area contributed by atoms with Gasteiger partial charge in [-0.1, -0.05) is 0 Å². The van der Waals surface area contributed by atoms with Crippen molar-refractivity contribution in [3.63, 3.8) is 0 Å². The van der Waals surface area contributed by atoms with E-state index < -0.39 is 0 Å². The van der Waals surface area contributed by atoms with Crippen molar-refractivity contribution in [3.8, 4) is 0 Å². The van der Waals surface area contributed by atoms with Crippen molar-refractivity contribution in [3.05, 3.63) is 23.0 Å². The summed E-state index contributed by atoms with van der Waals surface area (Å²) in [6, 6.07) is 1.93. The molecule has 1 fully saturated rings. The van der Waals surface area contributed by atoms with E-state index in [1.54, 1.807) is 18.7 Å². The van der Waals surface area contributed by atoms with E-state index in [-0.39, 0.29) is 17.9 Å². The number of fused-ring (bicyclic) bond motifs is 1. The normalized spacial score (nSPS) is 15.2. The molecule has 0 atom stereocenters. The van der Waals surface area contributed by atoms with Gasteiger partial charge in [0.1, 0.15) is 0 Å². The zero-order chi connectivity index (χ0) is 20.4. The first-order chi connectivity index (χ1) is 13.3. The minimum Gasteiger partial charge on any atom is -0.383 e. The number of hydrogen-bond acceptors (Lipinski definition) is 5. The van der Waals surface area contributed by atoms with E-state index in [1.807, 2.05) is 36.8 Å². The molecule has 2 aromatic rings. The molecule has 28 heavy (non-hydrogen) atoms. The topological polar surface area (TPSA) is 80.6 Å². The Labute approximate surface area is 165 Å². The second-order valence-corrected chi connectivity index (χ2v) is 7.45. The van der Waals surface area contributed by atoms with Gasteiger partial charge < -0.3 is 14.5 Å². The Morgan fingerprint density at radius 3 is 2.57 bits per heavy atom. The molecule has 0 aliphatic carbocycles. The van der Waals surface area contributed by atoms with E-state index in [0.717, 1.165) is 35.3 Å². The summed E-state index contributed by atoms with van der Waals surface area (Å²) < 4.78 is 6.98. The van der Waals surface area contributed by atoms with Crippen molar-refractivity contribution in [2.75, 3.05) is 33.4 Å². The predicted octanol–water partition coefficient (Wildman–Crippen LogP) is 1.68. The van der Waals surface area contributed by atoms with Crippen LogP contribution in [0.5, 0.6) is 0 Å². The number of methoxy groups -OCH3 is 1. The number of pyridine rings is 1. The Morgan fingerprint density at radius 2 is 1.96 bits per heavy atom. The van der Waals surface area contributed by atoms with Crippen molar-refractivity contribution in [2.45, 2.75) is 39.7 Å². The molecule has 0 unspecified atom stereocenters.